The van der Waals surface area contributed by atoms with Crippen LogP contribution in [0.25, 0.3) is 0 Å². The molecular formula is C13H16ClFN2OS. The van der Waals surface area contributed by atoms with E-state index in [1.165, 1.54) is 12.1 Å². The number of halogens is 2. The number of nitrogens with one attached hydrogen (secondary N) is 1. The molecule has 1 aliphatic heterocycles. The third kappa shape index (κ3) is 3.61. The summed E-state index contributed by atoms with van der Waals surface area (Å²) < 4.78 is 15.0. The van der Waals surface area contributed by atoms with Gasteiger partial charge in [-0.1, -0.05) is 36.5 Å². The number of benzene rings is 1. The molecule has 1 unspecified atom stereocenters. The van der Waals surface area contributed by atoms with Gasteiger partial charge in [0.05, 0.1) is 6.04 Å². The molecular weight excluding hydrogens is 287 g/mol. The maximum atomic E-state index is 12.9. The fourth-order valence-corrected chi connectivity index (χ4v) is 3.42. The lowest BCUT2D eigenvalue weighted by Gasteiger charge is -2.20. The van der Waals surface area contributed by atoms with E-state index in [4.69, 9.17) is 11.6 Å². The highest BCUT2D eigenvalue weighted by Gasteiger charge is 2.30. The van der Waals surface area contributed by atoms with Gasteiger partial charge in [-0.3, -0.25) is 4.79 Å². The summed E-state index contributed by atoms with van der Waals surface area (Å²) in [6.07, 6.45) is 0.863. The normalized spacial score (nSPS) is 19.6. The van der Waals surface area contributed by atoms with Gasteiger partial charge in [-0.15, -0.1) is 0 Å². The molecule has 1 fully saturated rings. The Hall–Kier alpha value is -0.780. The Labute approximate surface area is 121 Å². The summed E-state index contributed by atoms with van der Waals surface area (Å²) in [6.45, 7) is 3.21. The van der Waals surface area contributed by atoms with Crippen molar-refractivity contribution in [3.63, 3.8) is 0 Å². The smallest absolute Gasteiger partial charge is 0.238 e. The van der Waals surface area contributed by atoms with Gasteiger partial charge >= 0.3 is 0 Å². The van der Waals surface area contributed by atoms with E-state index in [0.717, 1.165) is 24.3 Å². The minimum absolute atomic E-state index is 0.00671. The van der Waals surface area contributed by atoms with Crippen LogP contribution in [-0.2, 0) is 11.3 Å². The van der Waals surface area contributed by atoms with E-state index in [1.54, 1.807) is 18.0 Å². The average Bonchev–Trinajstić information content (AvgIpc) is 2.85. The molecule has 0 bridgehead atoms. The maximum Gasteiger partial charge on any atom is 0.238 e. The monoisotopic (exact) mass is 302 g/mol. The molecule has 3 nitrogen and oxygen atoms in total. The van der Waals surface area contributed by atoms with E-state index in [2.05, 4.69) is 9.62 Å². The van der Waals surface area contributed by atoms with Gasteiger partial charge in [-0.2, -0.15) is 0 Å². The molecule has 19 heavy (non-hydrogen) atoms. The van der Waals surface area contributed by atoms with E-state index >= 15 is 0 Å². The highest BCUT2D eigenvalue weighted by Crippen LogP contribution is 2.26. The van der Waals surface area contributed by atoms with Crippen LogP contribution < -0.4 is 5.32 Å². The molecule has 1 amide bonds. The first-order chi connectivity index (χ1) is 9.11. The topological polar surface area (TPSA) is 32.3 Å². The van der Waals surface area contributed by atoms with Gasteiger partial charge in [0.25, 0.3) is 0 Å². The molecule has 6 heteroatoms. The van der Waals surface area contributed by atoms with Crippen LogP contribution in [0.2, 0.25) is 5.02 Å². The van der Waals surface area contributed by atoms with Crippen LogP contribution in [0, 0.1) is 5.82 Å². The number of hydrogen-bond acceptors (Lipinski definition) is 3. The molecule has 1 aromatic rings. The van der Waals surface area contributed by atoms with Gasteiger partial charge in [0.2, 0.25) is 5.91 Å². The molecule has 2 rings (SSSR count). The van der Waals surface area contributed by atoms with Crippen molar-refractivity contribution in [1.29, 1.82) is 0 Å². The van der Waals surface area contributed by atoms with Crippen LogP contribution in [0.3, 0.4) is 0 Å². The third-order valence-electron chi connectivity index (χ3n) is 3.08. The first kappa shape index (κ1) is 14.6. The van der Waals surface area contributed by atoms with Crippen molar-refractivity contribution in [2.45, 2.75) is 25.9 Å². The fraction of sp³-hybridized carbons (Fsp3) is 0.462. The van der Waals surface area contributed by atoms with Crippen molar-refractivity contribution in [2.24, 2.45) is 0 Å². The van der Waals surface area contributed by atoms with Gasteiger partial charge in [0.1, 0.15) is 5.82 Å². The van der Waals surface area contributed by atoms with Gasteiger partial charge in [0, 0.05) is 23.9 Å². The summed E-state index contributed by atoms with van der Waals surface area (Å²) in [7, 11) is 0. The Balaban J connectivity index is 1.93. The first-order valence-electron chi connectivity index (χ1n) is 6.23. The van der Waals surface area contributed by atoms with Crippen LogP contribution in [0.15, 0.2) is 18.2 Å². The van der Waals surface area contributed by atoms with Crippen molar-refractivity contribution >= 4 is 29.5 Å². The molecule has 1 atom stereocenters. The van der Waals surface area contributed by atoms with E-state index in [1.807, 2.05) is 6.92 Å². The Morgan fingerprint density at radius 2 is 2.42 bits per heavy atom. The van der Waals surface area contributed by atoms with Crippen molar-refractivity contribution in [2.75, 3.05) is 12.3 Å². The molecule has 0 aliphatic carbocycles. The summed E-state index contributed by atoms with van der Waals surface area (Å²) >= 11 is 7.63. The predicted molar refractivity (Wildman–Crippen MR) is 76.5 cm³/mol. The Morgan fingerprint density at radius 3 is 3.11 bits per heavy atom. The number of nitrogens with zero attached hydrogens (tertiary/aromatic N) is 1. The van der Waals surface area contributed by atoms with Crippen molar-refractivity contribution < 1.29 is 9.18 Å². The minimum atomic E-state index is -0.371. The number of hydrogen-bond donors (Lipinski definition) is 1. The molecule has 1 aromatic carbocycles. The highest BCUT2D eigenvalue weighted by molar-refractivity contribution is 7.97. The lowest BCUT2D eigenvalue weighted by molar-refractivity contribution is -0.124. The number of rotatable bonds is 4. The predicted octanol–water partition coefficient (Wildman–Crippen LogP) is 2.84. The van der Waals surface area contributed by atoms with Gasteiger partial charge in [-0.05, 0) is 24.1 Å². The molecule has 0 aromatic heterocycles. The lowest BCUT2D eigenvalue weighted by Crippen LogP contribution is -2.40. The van der Waals surface area contributed by atoms with E-state index in [9.17, 15) is 9.18 Å². The van der Waals surface area contributed by atoms with Crippen molar-refractivity contribution in [3.05, 3.63) is 34.6 Å². The number of likely N-dealkylation sites (N-methyl/N-ethyl adjacent to an activating group) is 1. The second-order valence-corrected chi connectivity index (χ2v) is 5.87. The number of amides is 1. The molecule has 104 valence electrons. The van der Waals surface area contributed by atoms with E-state index < -0.39 is 0 Å². The Kier molecular flexibility index (Phi) is 5.07. The molecule has 0 radical (unpaired) electrons. The van der Waals surface area contributed by atoms with Crippen LogP contribution in [0.4, 0.5) is 4.39 Å². The fourth-order valence-electron chi connectivity index (χ4n) is 2.05. The maximum absolute atomic E-state index is 12.9. The molecule has 1 aliphatic rings. The lowest BCUT2D eigenvalue weighted by atomic mass is 10.2. The largest absolute Gasteiger partial charge is 0.351 e. The van der Waals surface area contributed by atoms with Crippen LogP contribution in [0.5, 0.6) is 0 Å². The second kappa shape index (κ2) is 6.59. The highest BCUT2D eigenvalue weighted by atomic mass is 35.5. The third-order valence-corrected chi connectivity index (χ3v) is 4.69. The van der Waals surface area contributed by atoms with Crippen molar-refractivity contribution in [3.8, 4) is 0 Å². The zero-order valence-corrected chi connectivity index (χ0v) is 12.2. The summed E-state index contributed by atoms with van der Waals surface area (Å²) in [4.78, 5) is 12.1. The first-order valence-corrected chi connectivity index (χ1v) is 7.55. The van der Waals surface area contributed by atoms with E-state index in [0.29, 0.717) is 11.6 Å². The van der Waals surface area contributed by atoms with Crippen LogP contribution >= 0.6 is 23.5 Å². The number of carbonyl (C=O) groups is 1. The molecule has 0 spiro atoms. The van der Waals surface area contributed by atoms with Gasteiger partial charge in [0.15, 0.2) is 0 Å². The molecule has 1 saturated heterocycles. The zero-order chi connectivity index (χ0) is 13.8. The summed E-state index contributed by atoms with van der Waals surface area (Å²) in [5.41, 5.74) is 0.727. The molecule has 1 N–H and O–H groups in total. The Morgan fingerprint density at radius 1 is 1.63 bits per heavy atom. The zero-order valence-electron chi connectivity index (χ0n) is 10.7. The summed E-state index contributed by atoms with van der Waals surface area (Å²) in [5, 5.41) is 3.21. The standard InChI is InChI=1S/C13H16ClFN2OS/c1-2-17-12(5-6-19-17)13(18)16-8-9-3-4-10(15)7-11(9)14/h3-4,7,12H,2,5-6,8H2,1H3,(H,16,18). The minimum Gasteiger partial charge on any atom is -0.351 e. The van der Waals surface area contributed by atoms with Crippen molar-refractivity contribution in [1.82, 2.24) is 9.62 Å². The van der Waals surface area contributed by atoms with Gasteiger partial charge < -0.3 is 5.32 Å². The second-order valence-electron chi connectivity index (χ2n) is 4.32. The average molecular weight is 303 g/mol. The Bertz CT molecular complexity index is 472. The molecule has 1 heterocycles. The summed E-state index contributed by atoms with van der Waals surface area (Å²) in [6, 6.07) is 4.12. The van der Waals surface area contributed by atoms with Gasteiger partial charge in [-0.25, -0.2) is 8.70 Å². The van der Waals surface area contributed by atoms with Crippen LogP contribution in [0.1, 0.15) is 18.9 Å². The summed E-state index contributed by atoms with van der Waals surface area (Å²) in [5.74, 6) is 0.611. The van der Waals surface area contributed by atoms with Crippen LogP contribution in [-0.4, -0.2) is 28.6 Å². The molecule has 0 saturated carbocycles. The SMILES string of the molecule is CCN1SCCC1C(=O)NCc1ccc(F)cc1Cl. The van der Waals surface area contributed by atoms with E-state index in [-0.39, 0.29) is 17.8 Å². The quantitative estimate of drug-likeness (QED) is 0.868. The number of carbonyl (C=O) groups excluding carboxylic acids is 1.